The molecule has 0 unspecified atom stereocenters. The minimum Gasteiger partial charge on any atom is -0.494 e. The summed E-state index contributed by atoms with van der Waals surface area (Å²) in [6.07, 6.45) is 4.00. The number of aliphatic hydroxyl groups excluding tert-OH is 1. The average Bonchev–Trinajstić information content (AvgIpc) is 3.14. The van der Waals surface area contributed by atoms with E-state index in [0.29, 0.717) is 42.6 Å². The maximum absolute atomic E-state index is 12.5. The number of rotatable bonds is 5. The van der Waals surface area contributed by atoms with Crippen molar-refractivity contribution in [3.63, 3.8) is 0 Å². The van der Waals surface area contributed by atoms with Gasteiger partial charge in [0.15, 0.2) is 11.5 Å². The number of anilines is 1. The van der Waals surface area contributed by atoms with Gasteiger partial charge in [-0.2, -0.15) is 0 Å². The Morgan fingerprint density at radius 1 is 1.42 bits per heavy atom. The zero-order valence-corrected chi connectivity index (χ0v) is 13.4. The van der Waals surface area contributed by atoms with Crippen molar-refractivity contribution in [2.45, 2.75) is 19.5 Å². The van der Waals surface area contributed by atoms with Gasteiger partial charge in [-0.15, -0.1) is 0 Å². The molecule has 9 nitrogen and oxygen atoms in total. The van der Waals surface area contributed by atoms with Crippen LogP contribution in [0, 0.1) is 5.41 Å². The fourth-order valence-corrected chi connectivity index (χ4v) is 2.82. The van der Waals surface area contributed by atoms with Crippen LogP contribution < -0.4 is 16.6 Å². The third-order valence-electron chi connectivity index (χ3n) is 3.97. The van der Waals surface area contributed by atoms with E-state index in [1.165, 1.54) is 7.11 Å². The Balaban J connectivity index is 2.06. The zero-order chi connectivity index (χ0) is 17.3. The second-order valence-electron chi connectivity index (χ2n) is 5.47. The van der Waals surface area contributed by atoms with Gasteiger partial charge in [-0.1, -0.05) is 0 Å². The van der Waals surface area contributed by atoms with Gasteiger partial charge in [0.2, 0.25) is 0 Å². The Labute approximate surface area is 138 Å². The number of allylic oxidation sites excluding steroid dienone is 2. The summed E-state index contributed by atoms with van der Waals surface area (Å²) in [4.78, 5) is 16.9. The van der Waals surface area contributed by atoms with Gasteiger partial charge >= 0.3 is 0 Å². The first-order valence-electron chi connectivity index (χ1n) is 7.66. The van der Waals surface area contributed by atoms with Gasteiger partial charge < -0.3 is 20.9 Å². The number of aliphatic hydroxyl groups is 1. The summed E-state index contributed by atoms with van der Waals surface area (Å²) in [5.41, 5.74) is 7.18. The molecular weight excluding hydrogens is 312 g/mol. The molecular formula is C15H20N6O3. The highest BCUT2D eigenvalue weighted by atomic mass is 16.5. The van der Waals surface area contributed by atoms with Crippen LogP contribution in [-0.4, -0.2) is 46.2 Å². The van der Waals surface area contributed by atoms with Crippen LogP contribution in [-0.2, 0) is 17.8 Å². The number of hydrogen-bond donors (Lipinski definition) is 4. The molecule has 2 heterocycles. The van der Waals surface area contributed by atoms with Crippen LogP contribution in [0.1, 0.15) is 6.42 Å². The fraction of sp³-hybridized carbons (Fsp3) is 0.400. The number of hydrogen-bond acceptors (Lipinski definition) is 7. The molecule has 1 aromatic heterocycles. The summed E-state index contributed by atoms with van der Waals surface area (Å²) in [7, 11) is 1.47. The van der Waals surface area contributed by atoms with E-state index in [0.717, 1.165) is 6.42 Å². The number of methoxy groups -OCH3 is 1. The van der Waals surface area contributed by atoms with Gasteiger partial charge in [-0.25, -0.2) is 9.67 Å². The Kier molecular flexibility index (Phi) is 4.26. The van der Waals surface area contributed by atoms with E-state index in [-0.39, 0.29) is 23.6 Å². The Hall–Kier alpha value is -2.81. The predicted molar refractivity (Wildman–Crippen MR) is 90.8 cm³/mol. The lowest BCUT2D eigenvalue weighted by Crippen LogP contribution is -2.27. The SMILES string of the molecule is COC1=C/C(=N\c2c(N)n3n(c2=O)CCC3)C(NCCO)=CC1=N. The van der Waals surface area contributed by atoms with Gasteiger partial charge in [0.25, 0.3) is 5.56 Å². The minimum atomic E-state index is -0.230. The monoisotopic (exact) mass is 332 g/mol. The number of nitrogen functional groups attached to an aromatic ring is 1. The normalized spacial score (nSPS) is 18.4. The quantitative estimate of drug-likeness (QED) is 0.552. The van der Waals surface area contributed by atoms with Crippen LogP contribution in [0.25, 0.3) is 0 Å². The van der Waals surface area contributed by atoms with E-state index < -0.39 is 0 Å². The predicted octanol–water partition coefficient (Wildman–Crippen LogP) is -0.262. The summed E-state index contributed by atoms with van der Waals surface area (Å²) in [6.45, 7) is 1.56. The molecule has 0 amide bonds. The van der Waals surface area contributed by atoms with Gasteiger partial charge in [-0.3, -0.25) is 14.9 Å². The van der Waals surface area contributed by atoms with Crippen LogP contribution in [0.5, 0.6) is 0 Å². The Morgan fingerprint density at radius 2 is 2.17 bits per heavy atom. The molecule has 0 atom stereocenters. The van der Waals surface area contributed by atoms with Crippen molar-refractivity contribution in [1.29, 1.82) is 5.41 Å². The molecule has 9 heteroatoms. The van der Waals surface area contributed by atoms with E-state index in [9.17, 15) is 4.79 Å². The van der Waals surface area contributed by atoms with Gasteiger partial charge in [-0.05, 0) is 12.5 Å². The van der Waals surface area contributed by atoms with Crippen molar-refractivity contribution in [2.75, 3.05) is 26.0 Å². The number of aromatic nitrogens is 2. The molecule has 1 aliphatic heterocycles. The molecule has 1 aliphatic carbocycles. The summed E-state index contributed by atoms with van der Waals surface area (Å²) in [6, 6.07) is 0. The minimum absolute atomic E-state index is 0.0654. The van der Waals surface area contributed by atoms with Crippen LogP contribution in [0.4, 0.5) is 11.5 Å². The van der Waals surface area contributed by atoms with Crippen LogP contribution >= 0.6 is 0 Å². The topological polar surface area (TPSA) is 131 Å². The van der Waals surface area contributed by atoms with Crippen molar-refractivity contribution >= 4 is 22.9 Å². The van der Waals surface area contributed by atoms with Crippen molar-refractivity contribution < 1.29 is 9.84 Å². The lowest BCUT2D eigenvalue weighted by Gasteiger charge is -2.17. The van der Waals surface area contributed by atoms with Crippen LogP contribution in [0.2, 0.25) is 0 Å². The average molecular weight is 332 g/mol. The molecule has 0 radical (unpaired) electrons. The number of nitrogens with two attached hydrogens (primary N) is 1. The lowest BCUT2D eigenvalue weighted by molar-refractivity contribution is 0.297. The first-order valence-corrected chi connectivity index (χ1v) is 7.66. The van der Waals surface area contributed by atoms with E-state index in [1.54, 1.807) is 21.5 Å². The molecule has 0 aromatic carbocycles. The Bertz CT molecular complexity index is 827. The Morgan fingerprint density at radius 3 is 2.83 bits per heavy atom. The molecule has 0 fully saturated rings. The van der Waals surface area contributed by atoms with E-state index in [4.69, 9.17) is 21.0 Å². The molecule has 24 heavy (non-hydrogen) atoms. The second-order valence-corrected chi connectivity index (χ2v) is 5.47. The van der Waals surface area contributed by atoms with Crippen molar-refractivity contribution in [3.05, 3.63) is 34.0 Å². The van der Waals surface area contributed by atoms with Crippen molar-refractivity contribution in [2.24, 2.45) is 4.99 Å². The summed E-state index contributed by atoms with van der Waals surface area (Å²) >= 11 is 0. The molecule has 128 valence electrons. The maximum Gasteiger partial charge on any atom is 0.294 e. The first kappa shape index (κ1) is 16.1. The van der Waals surface area contributed by atoms with Crippen LogP contribution in [0.15, 0.2) is 33.4 Å². The van der Waals surface area contributed by atoms with E-state index >= 15 is 0 Å². The third kappa shape index (κ3) is 2.62. The highest BCUT2D eigenvalue weighted by Gasteiger charge is 2.23. The number of aliphatic imine (C=N–C) groups is 1. The smallest absolute Gasteiger partial charge is 0.294 e. The summed E-state index contributed by atoms with van der Waals surface area (Å²) in [5.74, 6) is 0.674. The highest BCUT2D eigenvalue weighted by molar-refractivity contribution is 6.22. The number of nitrogens with one attached hydrogen (secondary N) is 2. The number of fused-ring (bicyclic) bond motifs is 1. The molecule has 0 bridgehead atoms. The van der Waals surface area contributed by atoms with Gasteiger partial charge in [0.1, 0.15) is 5.76 Å². The maximum atomic E-state index is 12.5. The lowest BCUT2D eigenvalue weighted by atomic mass is 10.1. The number of ether oxygens (including phenoxy) is 1. The fourth-order valence-electron chi connectivity index (χ4n) is 2.82. The standard InChI is InChI=1S/C15H20N6O3/c1-24-12-8-11(10(7-9(12)16)18-3-6-22)19-13-14(17)20-4-2-5-21(20)15(13)23/h7-8,16,18,22H,2-6,17H2,1H3/b16-9?,19-11+. The highest BCUT2D eigenvalue weighted by Crippen LogP contribution is 2.24. The molecule has 2 aliphatic rings. The van der Waals surface area contributed by atoms with Gasteiger partial charge in [0, 0.05) is 25.7 Å². The van der Waals surface area contributed by atoms with Gasteiger partial charge in [0.05, 0.1) is 30.8 Å². The second kappa shape index (κ2) is 6.36. The number of nitrogens with zero attached hydrogens (tertiary/aromatic N) is 3. The molecule has 3 rings (SSSR count). The first-order chi connectivity index (χ1) is 11.6. The molecule has 0 saturated heterocycles. The van der Waals surface area contributed by atoms with E-state index in [1.807, 2.05) is 0 Å². The van der Waals surface area contributed by atoms with Crippen LogP contribution in [0.3, 0.4) is 0 Å². The van der Waals surface area contributed by atoms with Crippen molar-refractivity contribution in [3.8, 4) is 0 Å². The molecule has 5 N–H and O–H groups in total. The van der Waals surface area contributed by atoms with E-state index in [2.05, 4.69) is 10.3 Å². The third-order valence-corrected chi connectivity index (χ3v) is 3.97. The zero-order valence-electron chi connectivity index (χ0n) is 13.4. The molecule has 0 saturated carbocycles. The summed E-state index contributed by atoms with van der Waals surface area (Å²) in [5, 5.41) is 19.9. The summed E-state index contributed by atoms with van der Waals surface area (Å²) < 4.78 is 8.48. The largest absolute Gasteiger partial charge is 0.494 e. The van der Waals surface area contributed by atoms with Crippen molar-refractivity contribution in [1.82, 2.24) is 14.7 Å². The molecule has 1 aromatic rings. The molecule has 0 spiro atoms.